The summed E-state index contributed by atoms with van der Waals surface area (Å²) in [5, 5.41) is 6.40. The van der Waals surface area contributed by atoms with Crippen molar-refractivity contribution < 1.29 is 9.32 Å². The Hall–Kier alpha value is -2.10. The number of carbonyl (C=O) groups excluding carboxylic acids is 1. The van der Waals surface area contributed by atoms with E-state index in [0.717, 1.165) is 16.8 Å². The van der Waals surface area contributed by atoms with Gasteiger partial charge in [-0.1, -0.05) is 28.9 Å². The van der Waals surface area contributed by atoms with E-state index < -0.39 is 0 Å². The van der Waals surface area contributed by atoms with E-state index in [0.29, 0.717) is 12.3 Å². The van der Waals surface area contributed by atoms with Gasteiger partial charge in [0.25, 0.3) is 0 Å². The Balaban J connectivity index is 2.03. The molecule has 94 valence electrons. The van der Waals surface area contributed by atoms with Gasteiger partial charge in [-0.05, 0) is 31.9 Å². The maximum atomic E-state index is 11.8. The van der Waals surface area contributed by atoms with Crippen LogP contribution in [-0.2, 0) is 11.2 Å². The molecule has 0 radical (unpaired) electrons. The number of hydrogen-bond acceptors (Lipinski definition) is 3. The highest BCUT2D eigenvalue weighted by molar-refractivity contribution is 5.91. The van der Waals surface area contributed by atoms with Gasteiger partial charge >= 0.3 is 0 Å². The van der Waals surface area contributed by atoms with Crippen LogP contribution in [0.2, 0.25) is 0 Å². The molecule has 1 amide bonds. The number of aryl methyl sites for hydroxylation is 3. The molecule has 1 N–H and O–H groups in total. The first-order chi connectivity index (χ1) is 8.54. The van der Waals surface area contributed by atoms with Crippen LogP contribution in [0.1, 0.15) is 22.4 Å². The molecule has 0 atom stereocenters. The standard InChI is InChI=1S/C14H16N2O2/c1-9-4-5-12(10(2)6-9)8-13(17)15-14-7-11(3)16-18-14/h4-7H,8H2,1-3H3,(H,15,17). The third kappa shape index (κ3) is 2.97. The van der Waals surface area contributed by atoms with Gasteiger partial charge in [0.05, 0.1) is 12.1 Å². The summed E-state index contributed by atoms with van der Waals surface area (Å²) in [7, 11) is 0. The first-order valence-corrected chi connectivity index (χ1v) is 5.84. The van der Waals surface area contributed by atoms with Crippen molar-refractivity contribution in [2.75, 3.05) is 5.32 Å². The number of nitrogens with one attached hydrogen (secondary N) is 1. The Morgan fingerprint density at radius 3 is 2.67 bits per heavy atom. The molecule has 0 bridgehead atoms. The maximum absolute atomic E-state index is 11.8. The molecule has 0 unspecified atom stereocenters. The number of rotatable bonds is 3. The van der Waals surface area contributed by atoms with Gasteiger partial charge in [-0.3, -0.25) is 10.1 Å². The SMILES string of the molecule is Cc1ccc(CC(=O)Nc2cc(C)no2)c(C)c1. The molecular formula is C14H16N2O2. The van der Waals surface area contributed by atoms with Gasteiger partial charge in [0.2, 0.25) is 11.8 Å². The largest absolute Gasteiger partial charge is 0.338 e. The number of anilines is 1. The van der Waals surface area contributed by atoms with Crippen molar-refractivity contribution in [1.29, 1.82) is 0 Å². The van der Waals surface area contributed by atoms with Crippen molar-refractivity contribution in [3.05, 3.63) is 46.6 Å². The lowest BCUT2D eigenvalue weighted by atomic mass is 10.0. The molecule has 2 aromatic rings. The minimum atomic E-state index is -0.0990. The first kappa shape index (κ1) is 12.4. The van der Waals surface area contributed by atoms with Crippen molar-refractivity contribution in [3.63, 3.8) is 0 Å². The van der Waals surface area contributed by atoms with Crippen molar-refractivity contribution in [2.24, 2.45) is 0 Å². The molecule has 0 saturated heterocycles. The second-order valence-corrected chi connectivity index (χ2v) is 4.49. The van der Waals surface area contributed by atoms with Crippen LogP contribution in [-0.4, -0.2) is 11.1 Å². The van der Waals surface area contributed by atoms with Crippen molar-refractivity contribution in [3.8, 4) is 0 Å². The molecule has 2 rings (SSSR count). The van der Waals surface area contributed by atoms with Crippen molar-refractivity contribution >= 4 is 11.8 Å². The predicted molar refractivity (Wildman–Crippen MR) is 69.5 cm³/mol. The molecule has 0 fully saturated rings. The van der Waals surface area contributed by atoms with Gasteiger partial charge in [-0.15, -0.1) is 0 Å². The van der Waals surface area contributed by atoms with E-state index in [-0.39, 0.29) is 5.91 Å². The molecule has 4 heteroatoms. The van der Waals surface area contributed by atoms with E-state index in [1.54, 1.807) is 6.07 Å². The fourth-order valence-electron chi connectivity index (χ4n) is 1.82. The maximum Gasteiger partial charge on any atom is 0.231 e. The second-order valence-electron chi connectivity index (χ2n) is 4.49. The molecule has 18 heavy (non-hydrogen) atoms. The quantitative estimate of drug-likeness (QED) is 0.903. The lowest BCUT2D eigenvalue weighted by Gasteiger charge is -2.06. The molecule has 0 aliphatic heterocycles. The lowest BCUT2D eigenvalue weighted by Crippen LogP contribution is -2.14. The number of aromatic nitrogens is 1. The molecular weight excluding hydrogens is 228 g/mol. The summed E-state index contributed by atoms with van der Waals surface area (Å²) in [6.45, 7) is 5.85. The van der Waals surface area contributed by atoms with Crippen molar-refractivity contribution in [1.82, 2.24) is 5.16 Å². The molecule has 1 aromatic carbocycles. The Kier molecular flexibility index (Phi) is 3.46. The zero-order chi connectivity index (χ0) is 13.1. The average Bonchev–Trinajstić information content (AvgIpc) is 2.68. The fraction of sp³-hybridized carbons (Fsp3) is 0.286. The monoisotopic (exact) mass is 244 g/mol. The van der Waals surface area contributed by atoms with Gasteiger partial charge < -0.3 is 4.52 Å². The summed E-state index contributed by atoms with van der Waals surface area (Å²) in [4.78, 5) is 11.8. The Morgan fingerprint density at radius 1 is 1.28 bits per heavy atom. The Labute approximate surface area is 106 Å². The van der Waals surface area contributed by atoms with Crippen LogP contribution in [0.5, 0.6) is 0 Å². The summed E-state index contributed by atoms with van der Waals surface area (Å²) in [6.07, 6.45) is 0.339. The summed E-state index contributed by atoms with van der Waals surface area (Å²) in [5.74, 6) is 0.292. The zero-order valence-electron chi connectivity index (χ0n) is 10.8. The minimum Gasteiger partial charge on any atom is -0.338 e. The van der Waals surface area contributed by atoms with Crippen LogP contribution >= 0.6 is 0 Å². The third-order valence-corrected chi connectivity index (χ3v) is 2.74. The third-order valence-electron chi connectivity index (χ3n) is 2.74. The van der Waals surface area contributed by atoms with Crippen LogP contribution < -0.4 is 5.32 Å². The van der Waals surface area contributed by atoms with Gasteiger partial charge in [0.15, 0.2) is 0 Å². The zero-order valence-corrected chi connectivity index (χ0v) is 10.8. The van der Waals surface area contributed by atoms with Crippen molar-refractivity contribution in [2.45, 2.75) is 27.2 Å². The van der Waals surface area contributed by atoms with E-state index in [2.05, 4.69) is 16.5 Å². The van der Waals surface area contributed by atoms with E-state index in [1.807, 2.05) is 32.9 Å². The van der Waals surface area contributed by atoms with E-state index >= 15 is 0 Å². The molecule has 0 aliphatic rings. The van der Waals surface area contributed by atoms with Crippen LogP contribution in [0.4, 0.5) is 5.88 Å². The minimum absolute atomic E-state index is 0.0990. The number of amides is 1. The van der Waals surface area contributed by atoms with Gasteiger partial charge in [-0.25, -0.2) is 0 Å². The Morgan fingerprint density at radius 2 is 2.06 bits per heavy atom. The van der Waals surface area contributed by atoms with Gasteiger partial charge in [0, 0.05) is 6.07 Å². The average molecular weight is 244 g/mol. The number of hydrogen-bond donors (Lipinski definition) is 1. The molecule has 1 aromatic heterocycles. The summed E-state index contributed by atoms with van der Waals surface area (Å²) < 4.78 is 4.94. The number of benzene rings is 1. The van der Waals surface area contributed by atoms with E-state index in [1.165, 1.54) is 5.56 Å². The molecule has 0 spiro atoms. The lowest BCUT2D eigenvalue weighted by molar-refractivity contribution is -0.115. The highest BCUT2D eigenvalue weighted by Gasteiger charge is 2.09. The smallest absolute Gasteiger partial charge is 0.231 e. The topological polar surface area (TPSA) is 55.1 Å². The number of carbonyl (C=O) groups is 1. The van der Waals surface area contributed by atoms with Crippen LogP contribution in [0.25, 0.3) is 0 Å². The molecule has 0 aliphatic carbocycles. The van der Waals surface area contributed by atoms with Gasteiger partial charge in [-0.2, -0.15) is 0 Å². The van der Waals surface area contributed by atoms with E-state index in [4.69, 9.17) is 4.52 Å². The molecule has 1 heterocycles. The summed E-state index contributed by atoms with van der Waals surface area (Å²) >= 11 is 0. The highest BCUT2D eigenvalue weighted by Crippen LogP contribution is 2.13. The summed E-state index contributed by atoms with van der Waals surface area (Å²) in [6, 6.07) is 7.76. The van der Waals surface area contributed by atoms with E-state index in [9.17, 15) is 4.79 Å². The first-order valence-electron chi connectivity index (χ1n) is 5.84. The van der Waals surface area contributed by atoms with Crippen LogP contribution in [0, 0.1) is 20.8 Å². The molecule has 4 nitrogen and oxygen atoms in total. The predicted octanol–water partition coefficient (Wildman–Crippen LogP) is 2.78. The normalized spacial score (nSPS) is 10.4. The second kappa shape index (κ2) is 5.04. The van der Waals surface area contributed by atoms with Crippen LogP contribution in [0.3, 0.4) is 0 Å². The fourth-order valence-corrected chi connectivity index (χ4v) is 1.82. The van der Waals surface area contributed by atoms with Crippen LogP contribution in [0.15, 0.2) is 28.8 Å². The summed E-state index contributed by atoms with van der Waals surface area (Å²) in [5.41, 5.74) is 4.09. The number of nitrogens with zero attached hydrogens (tertiary/aromatic N) is 1. The Bertz CT molecular complexity index is 573. The molecule has 0 saturated carbocycles. The van der Waals surface area contributed by atoms with Gasteiger partial charge in [0.1, 0.15) is 0 Å². The highest BCUT2D eigenvalue weighted by atomic mass is 16.5.